The van der Waals surface area contributed by atoms with E-state index < -0.39 is 0 Å². The quantitative estimate of drug-likeness (QED) is 0.519. The largest absolute Gasteiger partial charge is 0.361 e. The van der Waals surface area contributed by atoms with Gasteiger partial charge in [-0.2, -0.15) is 11.8 Å². The van der Waals surface area contributed by atoms with Crippen LogP contribution in [0.5, 0.6) is 0 Å². The lowest BCUT2D eigenvalue weighted by Gasteiger charge is -2.41. The molecule has 164 valence electrons. The number of nitrogens with one attached hydrogen (secondary N) is 1. The zero-order valence-electron chi connectivity index (χ0n) is 17.8. The van der Waals surface area contributed by atoms with Gasteiger partial charge < -0.3 is 9.88 Å². The van der Waals surface area contributed by atoms with Crippen LogP contribution in [-0.4, -0.2) is 69.6 Å². The Bertz CT molecular complexity index is 977. The Morgan fingerprint density at radius 1 is 0.968 bits per heavy atom. The van der Waals surface area contributed by atoms with E-state index in [4.69, 9.17) is 11.6 Å². The fourth-order valence-corrected chi connectivity index (χ4v) is 8.00. The molecule has 2 aliphatic heterocycles. The Hall–Kier alpha value is -1.11. The van der Waals surface area contributed by atoms with Crippen molar-refractivity contribution in [3.63, 3.8) is 0 Å². The van der Waals surface area contributed by atoms with Crippen LogP contribution in [0.25, 0.3) is 10.9 Å². The van der Waals surface area contributed by atoms with Crippen LogP contribution in [0.4, 0.5) is 0 Å². The molecule has 5 rings (SSSR count). The van der Waals surface area contributed by atoms with Crippen molar-refractivity contribution >= 4 is 46.0 Å². The third-order valence-corrected chi connectivity index (χ3v) is 9.91. The van der Waals surface area contributed by atoms with Gasteiger partial charge in [-0.05, 0) is 42.2 Å². The second-order valence-corrected chi connectivity index (χ2v) is 11.5. The summed E-state index contributed by atoms with van der Waals surface area (Å²) in [4.78, 5) is 8.73. The summed E-state index contributed by atoms with van der Waals surface area (Å²) in [7, 11) is 0. The van der Waals surface area contributed by atoms with Crippen molar-refractivity contribution in [1.82, 2.24) is 14.8 Å². The second-order valence-electron chi connectivity index (χ2n) is 8.56. The van der Waals surface area contributed by atoms with Crippen molar-refractivity contribution in [2.24, 2.45) is 0 Å². The summed E-state index contributed by atoms with van der Waals surface area (Å²) in [6.45, 7) is 5.87. The highest BCUT2D eigenvalue weighted by atomic mass is 35.5. The van der Waals surface area contributed by atoms with Gasteiger partial charge in [0.2, 0.25) is 0 Å². The smallest absolute Gasteiger partial charge is 0.0650 e. The minimum absolute atomic E-state index is 0.690. The lowest BCUT2D eigenvalue weighted by atomic mass is 10.1. The summed E-state index contributed by atoms with van der Waals surface area (Å²) < 4.78 is 0. The number of benzene rings is 2. The number of nitrogens with zero attached hydrogens (tertiary/aromatic N) is 2. The summed E-state index contributed by atoms with van der Waals surface area (Å²) in [5.41, 5.74) is 4.04. The van der Waals surface area contributed by atoms with Gasteiger partial charge in [-0.25, -0.2) is 0 Å². The molecule has 0 saturated carbocycles. The van der Waals surface area contributed by atoms with Crippen LogP contribution < -0.4 is 0 Å². The number of thioether (sulfide) groups is 2. The monoisotopic (exact) mass is 471 g/mol. The molecule has 6 heteroatoms. The maximum Gasteiger partial charge on any atom is 0.0650 e. The highest BCUT2D eigenvalue weighted by molar-refractivity contribution is 8.07. The maximum absolute atomic E-state index is 6.20. The molecule has 2 atom stereocenters. The molecular weight excluding hydrogens is 442 g/mol. The number of rotatable bonds is 6. The zero-order valence-corrected chi connectivity index (χ0v) is 20.2. The van der Waals surface area contributed by atoms with E-state index in [2.05, 4.69) is 87.0 Å². The molecule has 0 bridgehead atoms. The first-order chi connectivity index (χ1) is 15.2. The maximum atomic E-state index is 6.20. The minimum atomic E-state index is 0.690. The Balaban J connectivity index is 1.06. The molecule has 0 radical (unpaired) electrons. The average Bonchev–Trinajstić information content (AvgIpc) is 3.21. The number of hydrogen-bond donors (Lipinski definition) is 1. The van der Waals surface area contributed by atoms with Gasteiger partial charge in [0.1, 0.15) is 0 Å². The summed E-state index contributed by atoms with van der Waals surface area (Å²) in [6, 6.07) is 17.1. The fraction of sp³-hybridized carbons (Fsp3) is 0.440. The normalized spacial score (nSPS) is 23.4. The van der Waals surface area contributed by atoms with Crippen molar-refractivity contribution in [2.75, 3.05) is 44.2 Å². The molecule has 2 fully saturated rings. The lowest BCUT2D eigenvalue weighted by Crippen LogP contribution is -2.51. The van der Waals surface area contributed by atoms with Gasteiger partial charge in [-0.1, -0.05) is 41.9 Å². The average molecular weight is 472 g/mol. The topological polar surface area (TPSA) is 22.3 Å². The number of H-pyrrole nitrogens is 1. The number of aromatic amines is 1. The zero-order chi connectivity index (χ0) is 21.0. The van der Waals surface area contributed by atoms with Crippen LogP contribution in [0.15, 0.2) is 54.7 Å². The molecular formula is C25H30ClN3S2. The summed E-state index contributed by atoms with van der Waals surface area (Å²) in [6.07, 6.45) is 4.44. The van der Waals surface area contributed by atoms with E-state index in [9.17, 15) is 0 Å². The molecule has 2 aliphatic rings. The van der Waals surface area contributed by atoms with E-state index in [1.54, 1.807) is 0 Å². The van der Waals surface area contributed by atoms with Gasteiger partial charge in [-0.3, -0.25) is 4.90 Å². The Morgan fingerprint density at radius 3 is 2.58 bits per heavy atom. The Kier molecular flexibility index (Phi) is 7.16. The van der Waals surface area contributed by atoms with Gasteiger partial charge in [0.05, 0.1) is 5.37 Å². The Labute approximate surface area is 198 Å². The van der Waals surface area contributed by atoms with Crippen LogP contribution in [0.2, 0.25) is 5.02 Å². The van der Waals surface area contributed by atoms with Crippen LogP contribution in [0.3, 0.4) is 0 Å². The van der Waals surface area contributed by atoms with Crippen molar-refractivity contribution in [2.45, 2.75) is 23.5 Å². The molecule has 2 aromatic carbocycles. The standard InChI is InChI=1S/C25H30ClN3S2/c26-21-6-7-24-23(15-21)20(16-27-24)8-9-28-10-12-29(13-11-28)25-18-30-22(17-31-25)14-19-4-2-1-3-5-19/h1-7,15-16,22,25,27H,8-14,17-18H2. The lowest BCUT2D eigenvalue weighted by molar-refractivity contribution is 0.130. The fourth-order valence-electron chi connectivity index (χ4n) is 4.65. The molecule has 3 nitrogen and oxygen atoms in total. The predicted molar refractivity (Wildman–Crippen MR) is 138 cm³/mol. The number of fused-ring (bicyclic) bond motifs is 1. The second kappa shape index (κ2) is 10.2. The molecule has 3 aromatic rings. The third-order valence-electron chi connectivity index (χ3n) is 6.50. The van der Waals surface area contributed by atoms with E-state index in [-0.39, 0.29) is 0 Å². The third kappa shape index (κ3) is 5.45. The van der Waals surface area contributed by atoms with E-state index in [1.165, 1.54) is 66.1 Å². The van der Waals surface area contributed by atoms with Crippen LogP contribution in [0, 0.1) is 0 Å². The summed E-state index contributed by atoms with van der Waals surface area (Å²) >= 11 is 10.6. The number of piperazine rings is 1. The van der Waals surface area contributed by atoms with Crippen molar-refractivity contribution in [1.29, 1.82) is 0 Å². The van der Waals surface area contributed by atoms with Gasteiger partial charge in [0, 0.05) is 71.6 Å². The van der Waals surface area contributed by atoms with Crippen LogP contribution in [0.1, 0.15) is 11.1 Å². The first kappa shape index (κ1) is 21.7. The van der Waals surface area contributed by atoms with Crippen molar-refractivity contribution in [3.05, 3.63) is 70.9 Å². The van der Waals surface area contributed by atoms with Gasteiger partial charge in [0.15, 0.2) is 0 Å². The molecule has 1 aromatic heterocycles. The first-order valence-electron chi connectivity index (χ1n) is 11.2. The highest BCUT2D eigenvalue weighted by Crippen LogP contribution is 2.34. The molecule has 0 aliphatic carbocycles. The molecule has 2 unspecified atom stereocenters. The summed E-state index contributed by atoms with van der Waals surface area (Å²) in [5.74, 6) is 2.53. The first-order valence-corrected chi connectivity index (χ1v) is 13.7. The molecule has 0 spiro atoms. The highest BCUT2D eigenvalue weighted by Gasteiger charge is 2.29. The SMILES string of the molecule is Clc1ccc2[nH]cc(CCN3CCN(C4CSC(Cc5ccccc5)CS4)CC3)c2c1. The predicted octanol–water partition coefficient (Wildman–Crippen LogP) is 5.40. The van der Waals surface area contributed by atoms with E-state index in [0.717, 1.165) is 23.2 Å². The molecule has 1 N–H and O–H groups in total. The minimum Gasteiger partial charge on any atom is -0.361 e. The molecule has 2 saturated heterocycles. The Morgan fingerprint density at radius 2 is 1.81 bits per heavy atom. The van der Waals surface area contributed by atoms with E-state index in [1.807, 2.05) is 6.07 Å². The van der Waals surface area contributed by atoms with E-state index in [0.29, 0.717) is 5.37 Å². The van der Waals surface area contributed by atoms with Gasteiger partial charge in [-0.15, -0.1) is 11.8 Å². The number of aromatic nitrogens is 1. The van der Waals surface area contributed by atoms with Crippen molar-refractivity contribution in [3.8, 4) is 0 Å². The molecule has 31 heavy (non-hydrogen) atoms. The van der Waals surface area contributed by atoms with Crippen molar-refractivity contribution < 1.29 is 0 Å². The molecule has 0 amide bonds. The van der Waals surface area contributed by atoms with Gasteiger partial charge >= 0.3 is 0 Å². The number of halogens is 1. The molecule has 3 heterocycles. The van der Waals surface area contributed by atoms with E-state index >= 15 is 0 Å². The number of hydrogen-bond acceptors (Lipinski definition) is 4. The van der Waals surface area contributed by atoms with Gasteiger partial charge in [0.25, 0.3) is 0 Å². The summed E-state index contributed by atoms with van der Waals surface area (Å²) in [5, 5.41) is 3.53. The van der Waals surface area contributed by atoms with Crippen LogP contribution >= 0.6 is 35.1 Å². The van der Waals surface area contributed by atoms with Crippen LogP contribution in [-0.2, 0) is 12.8 Å².